The van der Waals surface area contributed by atoms with Crippen LogP contribution >= 0.6 is 12.2 Å². The molecule has 1 saturated heterocycles. The number of benzene rings is 1. The summed E-state index contributed by atoms with van der Waals surface area (Å²) < 4.78 is 16.4. The van der Waals surface area contributed by atoms with E-state index in [-0.39, 0.29) is 24.5 Å². The molecule has 0 spiro atoms. The first kappa shape index (κ1) is 18.6. The van der Waals surface area contributed by atoms with Gasteiger partial charge in [-0.15, -0.1) is 0 Å². The van der Waals surface area contributed by atoms with E-state index in [9.17, 15) is 9.50 Å². The number of para-hydroxylation sites is 1. The number of halogens is 1. The molecule has 0 amide bonds. The number of nitrogens with one attached hydrogen (secondary N) is 1. The number of hydrogen-bond donors (Lipinski definition) is 2. The molecule has 0 aliphatic carbocycles. The van der Waals surface area contributed by atoms with Gasteiger partial charge in [0.15, 0.2) is 5.11 Å². The zero-order valence-electron chi connectivity index (χ0n) is 15.2. The predicted octanol–water partition coefficient (Wildman–Crippen LogP) is 3.37. The van der Waals surface area contributed by atoms with E-state index in [2.05, 4.69) is 15.2 Å². The van der Waals surface area contributed by atoms with Crippen molar-refractivity contribution in [3.8, 4) is 5.69 Å². The minimum atomic E-state index is -0.287. The molecule has 7 heteroatoms. The normalized spacial score (nSPS) is 19.1. The van der Waals surface area contributed by atoms with E-state index >= 15 is 0 Å². The summed E-state index contributed by atoms with van der Waals surface area (Å²) in [4.78, 5) is 6.56. The van der Waals surface area contributed by atoms with Crippen LogP contribution in [-0.4, -0.2) is 37.8 Å². The van der Waals surface area contributed by atoms with E-state index in [1.165, 1.54) is 6.07 Å². The van der Waals surface area contributed by atoms with Gasteiger partial charge in [0, 0.05) is 31.2 Å². The van der Waals surface area contributed by atoms with E-state index in [0.717, 1.165) is 11.4 Å². The number of aliphatic hydroxyl groups excluding tert-OH is 1. The maximum absolute atomic E-state index is 14.5. The zero-order chi connectivity index (χ0) is 19.5. The largest absolute Gasteiger partial charge is 0.396 e. The first-order valence-electron chi connectivity index (χ1n) is 9.22. The fraction of sp³-hybridized carbons (Fsp3) is 0.238. The molecule has 5 nitrogen and oxygen atoms in total. The van der Waals surface area contributed by atoms with Gasteiger partial charge in [-0.2, -0.15) is 0 Å². The van der Waals surface area contributed by atoms with Crippen LogP contribution in [0.1, 0.15) is 29.9 Å². The molecule has 0 bridgehead atoms. The third-order valence-corrected chi connectivity index (χ3v) is 5.30. The maximum atomic E-state index is 14.5. The summed E-state index contributed by atoms with van der Waals surface area (Å²) in [5, 5.41) is 13.3. The van der Waals surface area contributed by atoms with E-state index in [1.807, 2.05) is 47.2 Å². The van der Waals surface area contributed by atoms with Crippen molar-refractivity contribution in [3.05, 3.63) is 84.2 Å². The molecule has 0 unspecified atom stereocenters. The summed E-state index contributed by atoms with van der Waals surface area (Å²) in [6.07, 6.45) is 4.20. The number of aromatic nitrogens is 2. The summed E-state index contributed by atoms with van der Waals surface area (Å²) in [6.45, 7) is 0.674. The van der Waals surface area contributed by atoms with Gasteiger partial charge in [-0.3, -0.25) is 4.98 Å². The van der Waals surface area contributed by atoms with Gasteiger partial charge in [0.25, 0.3) is 0 Å². The lowest BCUT2D eigenvalue weighted by Gasteiger charge is -2.28. The molecule has 2 N–H and O–H groups in total. The lowest BCUT2D eigenvalue weighted by atomic mass is 10.0. The minimum absolute atomic E-state index is 0.0778. The molecule has 4 rings (SSSR count). The summed E-state index contributed by atoms with van der Waals surface area (Å²) in [5.41, 5.74) is 2.26. The molecule has 3 heterocycles. The van der Waals surface area contributed by atoms with Crippen LogP contribution in [0.25, 0.3) is 5.69 Å². The molecule has 3 aromatic rings. The van der Waals surface area contributed by atoms with Crippen molar-refractivity contribution in [2.45, 2.75) is 18.5 Å². The van der Waals surface area contributed by atoms with Crippen molar-refractivity contribution >= 4 is 17.3 Å². The van der Waals surface area contributed by atoms with Gasteiger partial charge >= 0.3 is 0 Å². The van der Waals surface area contributed by atoms with Crippen LogP contribution in [0.15, 0.2) is 67.0 Å². The molecule has 144 valence electrons. The Morgan fingerprint density at radius 3 is 2.68 bits per heavy atom. The molecule has 28 heavy (non-hydrogen) atoms. The van der Waals surface area contributed by atoms with Gasteiger partial charge in [0.1, 0.15) is 5.82 Å². The minimum Gasteiger partial charge on any atom is -0.396 e. The average molecular weight is 396 g/mol. The Labute approximate surface area is 168 Å². The number of hydrogen-bond acceptors (Lipinski definition) is 3. The van der Waals surface area contributed by atoms with Gasteiger partial charge < -0.3 is 19.9 Å². The van der Waals surface area contributed by atoms with Crippen LogP contribution in [0.3, 0.4) is 0 Å². The smallest absolute Gasteiger partial charge is 0.170 e. The van der Waals surface area contributed by atoms with Gasteiger partial charge in [-0.25, -0.2) is 4.39 Å². The number of aliphatic hydroxyl groups is 1. The van der Waals surface area contributed by atoms with Crippen molar-refractivity contribution < 1.29 is 9.50 Å². The average Bonchev–Trinajstić information content (AvgIpc) is 3.31. The third kappa shape index (κ3) is 3.39. The van der Waals surface area contributed by atoms with Crippen LogP contribution in [0, 0.1) is 5.82 Å². The Balaban J connectivity index is 1.81. The van der Waals surface area contributed by atoms with Crippen LogP contribution < -0.4 is 5.32 Å². The molecule has 1 fully saturated rings. The summed E-state index contributed by atoms with van der Waals surface area (Å²) in [6, 6.07) is 16.0. The Hall–Kier alpha value is -2.77. The number of nitrogens with zero attached hydrogens (tertiary/aromatic N) is 3. The van der Waals surface area contributed by atoms with Gasteiger partial charge in [-0.1, -0.05) is 18.2 Å². The van der Waals surface area contributed by atoms with E-state index in [0.29, 0.717) is 23.8 Å². The molecule has 0 radical (unpaired) electrons. The number of rotatable bonds is 6. The topological polar surface area (TPSA) is 53.3 Å². The lowest BCUT2D eigenvalue weighted by Crippen LogP contribution is -2.31. The summed E-state index contributed by atoms with van der Waals surface area (Å²) in [7, 11) is 0. The molecular formula is C21H21FN4OS. The fourth-order valence-electron chi connectivity index (χ4n) is 3.71. The van der Waals surface area contributed by atoms with Crippen LogP contribution in [0.5, 0.6) is 0 Å². The molecule has 2 atom stereocenters. The zero-order valence-corrected chi connectivity index (χ0v) is 16.0. The summed E-state index contributed by atoms with van der Waals surface area (Å²) in [5.74, 6) is -0.287. The summed E-state index contributed by atoms with van der Waals surface area (Å²) >= 11 is 5.59. The Morgan fingerprint density at radius 2 is 1.93 bits per heavy atom. The highest BCUT2D eigenvalue weighted by Crippen LogP contribution is 2.39. The van der Waals surface area contributed by atoms with Crippen molar-refractivity contribution in [2.24, 2.45) is 0 Å². The molecule has 1 aromatic carbocycles. The second-order valence-corrected chi connectivity index (χ2v) is 7.04. The second-order valence-electron chi connectivity index (χ2n) is 6.65. The maximum Gasteiger partial charge on any atom is 0.170 e. The van der Waals surface area contributed by atoms with Gasteiger partial charge in [0.2, 0.25) is 0 Å². The standard InChI is InChI=1S/C21H21FN4OS/c22-15-7-1-2-9-17(15)25-12-5-10-18(25)20-19(16-8-3-4-11-23-16)24-21(28)26(20)13-6-14-27/h1-5,7-12,19-20,27H,6,13-14H2,(H,24,28)/t19-,20-/m0/s1. The highest BCUT2D eigenvalue weighted by molar-refractivity contribution is 7.80. The van der Waals surface area contributed by atoms with E-state index in [4.69, 9.17) is 12.2 Å². The van der Waals surface area contributed by atoms with E-state index < -0.39 is 0 Å². The number of thiocarbonyl (C=S) groups is 1. The molecule has 1 aliphatic rings. The Bertz CT molecular complexity index is 962. The second kappa shape index (κ2) is 8.08. The Morgan fingerprint density at radius 1 is 1.11 bits per heavy atom. The highest BCUT2D eigenvalue weighted by atomic mass is 32.1. The third-order valence-electron chi connectivity index (χ3n) is 4.95. The van der Waals surface area contributed by atoms with Crippen molar-refractivity contribution in [1.29, 1.82) is 0 Å². The van der Waals surface area contributed by atoms with E-state index in [1.54, 1.807) is 18.3 Å². The SMILES string of the molecule is OCCCN1C(=S)N[C@@H](c2ccccn2)[C@@H]1c1cccn1-c1ccccc1F. The van der Waals surface area contributed by atoms with Crippen LogP contribution in [0.2, 0.25) is 0 Å². The van der Waals surface area contributed by atoms with Crippen molar-refractivity contribution in [2.75, 3.05) is 13.2 Å². The van der Waals surface area contributed by atoms with Gasteiger partial charge in [0.05, 0.1) is 23.5 Å². The van der Waals surface area contributed by atoms with Crippen molar-refractivity contribution in [1.82, 2.24) is 19.8 Å². The Kier molecular flexibility index (Phi) is 5.36. The molecular weight excluding hydrogens is 375 g/mol. The highest BCUT2D eigenvalue weighted by Gasteiger charge is 2.41. The quantitative estimate of drug-likeness (QED) is 0.626. The number of pyridine rings is 1. The van der Waals surface area contributed by atoms with Gasteiger partial charge in [-0.05, 0) is 55.0 Å². The van der Waals surface area contributed by atoms with Crippen LogP contribution in [-0.2, 0) is 0 Å². The predicted molar refractivity (Wildman–Crippen MR) is 110 cm³/mol. The van der Waals surface area contributed by atoms with Crippen LogP contribution in [0.4, 0.5) is 4.39 Å². The monoisotopic (exact) mass is 396 g/mol. The fourth-order valence-corrected chi connectivity index (χ4v) is 4.04. The molecule has 2 aromatic heterocycles. The van der Waals surface area contributed by atoms with Crippen molar-refractivity contribution in [3.63, 3.8) is 0 Å². The first-order valence-corrected chi connectivity index (χ1v) is 9.62. The lowest BCUT2D eigenvalue weighted by molar-refractivity contribution is 0.244. The first-order chi connectivity index (χ1) is 13.7. The molecule has 0 saturated carbocycles. The molecule has 1 aliphatic heterocycles.